The maximum absolute atomic E-state index is 13.0. The van der Waals surface area contributed by atoms with Crippen LogP contribution in [0.15, 0.2) is 18.6 Å². The summed E-state index contributed by atoms with van der Waals surface area (Å²) >= 11 is 0. The summed E-state index contributed by atoms with van der Waals surface area (Å²) < 4.78 is 40.2. The Hall–Kier alpha value is -3.18. The van der Waals surface area contributed by atoms with Gasteiger partial charge in [0.15, 0.2) is 17.2 Å². The number of aromatic amines is 1. The fourth-order valence-corrected chi connectivity index (χ4v) is 7.48. The van der Waals surface area contributed by atoms with Crippen molar-refractivity contribution in [2.24, 2.45) is 16.7 Å². The third kappa shape index (κ3) is 3.62. The number of hydrogen-bond acceptors (Lipinski definition) is 5. The number of likely N-dealkylation sites (tertiary alicyclic amines) is 2. The van der Waals surface area contributed by atoms with E-state index in [1.165, 1.54) is 23.4 Å². The van der Waals surface area contributed by atoms with Gasteiger partial charge < -0.3 is 14.2 Å². The number of amides is 2. The second-order valence-corrected chi connectivity index (χ2v) is 12.7. The summed E-state index contributed by atoms with van der Waals surface area (Å²) in [4.78, 5) is 29.6. The molecule has 0 bridgehead atoms. The van der Waals surface area contributed by atoms with Crippen LogP contribution in [0.1, 0.15) is 73.4 Å². The minimum atomic E-state index is -4.46. The molecule has 200 valence electrons. The highest BCUT2D eigenvalue weighted by Gasteiger charge is 2.58. The molecule has 3 aliphatic carbocycles. The monoisotopic (exact) mass is 526 g/mol. The van der Waals surface area contributed by atoms with Gasteiger partial charge in [-0.05, 0) is 50.9 Å². The van der Waals surface area contributed by atoms with Crippen LogP contribution >= 0.6 is 0 Å². The molecule has 9 nitrogen and oxygen atoms in total. The fraction of sp³-hybridized carbons (Fsp3) is 0.654. The van der Waals surface area contributed by atoms with Gasteiger partial charge in [0.2, 0.25) is 0 Å². The molecule has 0 atom stereocenters. The van der Waals surface area contributed by atoms with Crippen molar-refractivity contribution in [2.75, 3.05) is 26.2 Å². The van der Waals surface area contributed by atoms with E-state index in [4.69, 9.17) is 4.98 Å². The Labute approximate surface area is 216 Å². The molecule has 2 saturated heterocycles. The number of alkyl halides is 3. The number of hydrogen-bond donors (Lipinski definition) is 1. The normalized spacial score (nSPS) is 24.4. The first-order valence-electron chi connectivity index (χ1n) is 13.5. The third-order valence-corrected chi connectivity index (χ3v) is 9.48. The lowest BCUT2D eigenvalue weighted by Gasteiger charge is -2.63. The maximum atomic E-state index is 13.0. The molecule has 5 heterocycles. The molecular weight excluding hydrogens is 497 g/mol. The van der Waals surface area contributed by atoms with E-state index in [2.05, 4.69) is 20.2 Å². The number of halogens is 3. The molecule has 2 aliphatic heterocycles. The molecule has 3 aromatic heterocycles. The van der Waals surface area contributed by atoms with Gasteiger partial charge >= 0.3 is 12.2 Å². The molecule has 0 radical (unpaired) electrons. The van der Waals surface area contributed by atoms with Crippen molar-refractivity contribution in [3.05, 3.63) is 41.6 Å². The number of fused-ring (bicyclic) bond motifs is 1. The van der Waals surface area contributed by atoms with Crippen LogP contribution in [0.4, 0.5) is 18.0 Å². The van der Waals surface area contributed by atoms with Gasteiger partial charge in [-0.2, -0.15) is 18.3 Å². The molecule has 5 aliphatic rings. The largest absolute Gasteiger partial charge is 0.434 e. The van der Waals surface area contributed by atoms with Gasteiger partial charge in [-0.1, -0.05) is 0 Å². The second-order valence-electron chi connectivity index (χ2n) is 12.7. The van der Waals surface area contributed by atoms with Crippen LogP contribution in [0.3, 0.4) is 0 Å². The van der Waals surface area contributed by atoms with E-state index in [0.717, 1.165) is 81.8 Å². The molecule has 0 unspecified atom stereocenters. The Morgan fingerprint density at radius 3 is 2.32 bits per heavy atom. The first-order chi connectivity index (χ1) is 18.2. The van der Waals surface area contributed by atoms with E-state index in [9.17, 15) is 18.0 Å². The Bertz CT molecular complexity index is 1410. The zero-order valence-electron chi connectivity index (χ0n) is 20.9. The molecule has 38 heavy (non-hydrogen) atoms. The zero-order chi connectivity index (χ0) is 25.9. The minimum absolute atomic E-state index is 0.162. The molecule has 1 N–H and O–H groups in total. The molecule has 2 spiro atoms. The van der Waals surface area contributed by atoms with Crippen molar-refractivity contribution in [3.63, 3.8) is 0 Å². The summed E-state index contributed by atoms with van der Waals surface area (Å²) in [5, 5.41) is 7.55. The number of nitrogens with one attached hydrogen (secondary N) is 1. The fourth-order valence-electron chi connectivity index (χ4n) is 7.48. The average Bonchev–Trinajstić information content (AvgIpc) is 3.33. The predicted molar refractivity (Wildman–Crippen MR) is 128 cm³/mol. The highest BCUT2D eigenvalue weighted by Crippen LogP contribution is 2.57. The first kappa shape index (κ1) is 22.8. The first-order valence-corrected chi connectivity index (χ1v) is 13.5. The van der Waals surface area contributed by atoms with E-state index in [1.807, 2.05) is 9.80 Å². The lowest BCUT2D eigenvalue weighted by molar-refractivity contribution is -0.140. The molecule has 8 rings (SSSR count). The highest BCUT2D eigenvalue weighted by molar-refractivity contribution is 5.77. The van der Waals surface area contributed by atoms with Crippen LogP contribution in [0.5, 0.6) is 0 Å². The van der Waals surface area contributed by atoms with Crippen molar-refractivity contribution in [3.8, 4) is 0 Å². The van der Waals surface area contributed by atoms with Crippen LogP contribution in [-0.4, -0.2) is 71.6 Å². The maximum Gasteiger partial charge on any atom is 0.434 e. The van der Waals surface area contributed by atoms with Gasteiger partial charge in [0.05, 0.1) is 11.9 Å². The van der Waals surface area contributed by atoms with E-state index in [-0.39, 0.29) is 22.5 Å². The lowest BCUT2D eigenvalue weighted by atomic mass is 9.56. The third-order valence-electron chi connectivity index (χ3n) is 9.48. The highest BCUT2D eigenvalue weighted by atomic mass is 19.4. The SMILES string of the molecule is O=C(N1CC2(CC(Cc3cn4cc(C(F)(F)F)nc4cn3)C2)C1)N1CC2(CC(c3n[nH]c(C4CC4)n3)C2)C1. The van der Waals surface area contributed by atoms with Crippen LogP contribution in [0, 0.1) is 16.7 Å². The Kier molecular flexibility index (Phi) is 4.48. The Morgan fingerprint density at radius 2 is 1.66 bits per heavy atom. The van der Waals surface area contributed by atoms with Gasteiger partial charge in [-0.3, -0.25) is 10.1 Å². The topological polar surface area (TPSA) is 95.3 Å². The van der Waals surface area contributed by atoms with Crippen molar-refractivity contribution in [2.45, 2.75) is 63.0 Å². The van der Waals surface area contributed by atoms with Crippen molar-refractivity contribution in [1.29, 1.82) is 0 Å². The number of H-pyrrole nitrogens is 1. The molecule has 2 amide bonds. The van der Waals surface area contributed by atoms with Gasteiger partial charge in [-0.25, -0.2) is 14.8 Å². The number of urea groups is 1. The molecule has 3 saturated carbocycles. The quantitative estimate of drug-likeness (QED) is 0.555. The van der Waals surface area contributed by atoms with Gasteiger partial charge in [0, 0.05) is 61.2 Å². The summed E-state index contributed by atoms with van der Waals surface area (Å²) in [6.07, 6.45) is 6.96. The molecular formula is C26H29F3N8O. The van der Waals surface area contributed by atoms with Crippen LogP contribution in [-0.2, 0) is 12.6 Å². The number of aromatic nitrogens is 6. The van der Waals surface area contributed by atoms with Crippen molar-refractivity contribution >= 4 is 11.7 Å². The van der Waals surface area contributed by atoms with E-state index in [0.29, 0.717) is 17.8 Å². The predicted octanol–water partition coefficient (Wildman–Crippen LogP) is 4.00. The number of imidazole rings is 1. The van der Waals surface area contributed by atoms with Crippen LogP contribution in [0.25, 0.3) is 5.65 Å². The number of carbonyl (C=O) groups is 1. The smallest absolute Gasteiger partial charge is 0.323 e. The standard InChI is InChI=1S/C26H29F3N8O/c27-26(28,29)19-10-35-9-18(30-8-20(35)31-19)3-15-4-24(5-15)11-36(12-24)23(38)37-13-25(14-37)6-17(7-25)22-32-21(33-34-22)16-1-2-16/h8-10,15-17H,1-7,11-14H2,(H,32,33,34). The van der Waals surface area contributed by atoms with E-state index >= 15 is 0 Å². The molecule has 12 heteroatoms. The number of carbonyl (C=O) groups excluding carboxylic acids is 1. The summed E-state index contributed by atoms with van der Waals surface area (Å²) in [5.74, 6) is 3.46. The summed E-state index contributed by atoms with van der Waals surface area (Å²) in [5.41, 5.74) is 0.535. The van der Waals surface area contributed by atoms with Gasteiger partial charge in [0.25, 0.3) is 0 Å². The van der Waals surface area contributed by atoms with Crippen LogP contribution < -0.4 is 0 Å². The summed E-state index contributed by atoms with van der Waals surface area (Å²) in [6, 6.07) is 0.162. The van der Waals surface area contributed by atoms with E-state index < -0.39 is 11.9 Å². The summed E-state index contributed by atoms with van der Waals surface area (Å²) in [7, 11) is 0. The minimum Gasteiger partial charge on any atom is -0.323 e. The molecule has 5 fully saturated rings. The van der Waals surface area contributed by atoms with Crippen molar-refractivity contribution < 1.29 is 18.0 Å². The second kappa shape index (κ2) is 7.47. The van der Waals surface area contributed by atoms with Gasteiger partial charge in [0.1, 0.15) is 5.82 Å². The molecule has 3 aromatic rings. The summed E-state index contributed by atoms with van der Waals surface area (Å²) in [6.45, 7) is 3.29. The Balaban J connectivity index is 0.795. The lowest BCUT2D eigenvalue weighted by Crippen LogP contribution is -2.71. The zero-order valence-corrected chi connectivity index (χ0v) is 20.9. The van der Waals surface area contributed by atoms with E-state index in [1.54, 1.807) is 6.20 Å². The van der Waals surface area contributed by atoms with Crippen LogP contribution in [0.2, 0.25) is 0 Å². The average molecular weight is 527 g/mol. The van der Waals surface area contributed by atoms with Crippen molar-refractivity contribution in [1.82, 2.24) is 39.3 Å². The Morgan fingerprint density at radius 1 is 0.974 bits per heavy atom. The number of rotatable bonds is 4. The molecule has 0 aromatic carbocycles. The number of nitrogens with zero attached hydrogens (tertiary/aromatic N) is 7. The van der Waals surface area contributed by atoms with Gasteiger partial charge in [-0.15, -0.1) is 0 Å².